The van der Waals surface area contributed by atoms with Gasteiger partial charge >= 0.3 is 0 Å². The average molecular weight is 405 g/mol. The normalized spacial score (nSPS) is 11.1. The minimum absolute atomic E-state index is 0.0783. The third-order valence-corrected chi connectivity index (χ3v) is 6.44. The molecular formula is C28H20OS. The van der Waals surface area contributed by atoms with E-state index in [0.29, 0.717) is 0 Å². The highest BCUT2D eigenvalue weighted by molar-refractivity contribution is 7.98. The third kappa shape index (κ3) is 3.51. The maximum Gasteiger partial charge on any atom is 0.194 e. The molecule has 0 bridgehead atoms. The average Bonchev–Trinajstić information content (AvgIpc) is 2.82. The van der Waals surface area contributed by atoms with Crippen molar-refractivity contribution < 1.29 is 4.79 Å². The van der Waals surface area contributed by atoms with Crippen molar-refractivity contribution in [3.8, 4) is 0 Å². The van der Waals surface area contributed by atoms with Gasteiger partial charge in [0.1, 0.15) is 0 Å². The van der Waals surface area contributed by atoms with E-state index >= 15 is 0 Å². The van der Waals surface area contributed by atoms with E-state index in [-0.39, 0.29) is 5.78 Å². The number of ketones is 1. The quantitative estimate of drug-likeness (QED) is 0.171. The summed E-state index contributed by atoms with van der Waals surface area (Å²) < 4.78 is 0. The maximum absolute atomic E-state index is 13.7. The van der Waals surface area contributed by atoms with E-state index in [0.717, 1.165) is 38.4 Å². The first kappa shape index (κ1) is 18.7. The molecule has 5 rings (SSSR count). The van der Waals surface area contributed by atoms with Crippen molar-refractivity contribution in [1.82, 2.24) is 0 Å². The van der Waals surface area contributed by atoms with Gasteiger partial charge in [0.05, 0.1) is 0 Å². The zero-order valence-electron chi connectivity index (χ0n) is 16.4. The number of carbonyl (C=O) groups excluding carboxylic acids is 1. The van der Waals surface area contributed by atoms with Crippen LogP contribution in [0.25, 0.3) is 21.5 Å². The molecule has 0 heterocycles. The van der Waals surface area contributed by atoms with E-state index in [9.17, 15) is 4.79 Å². The van der Waals surface area contributed by atoms with Crippen molar-refractivity contribution >= 4 is 39.1 Å². The predicted molar refractivity (Wildman–Crippen MR) is 127 cm³/mol. The van der Waals surface area contributed by atoms with Gasteiger partial charge in [-0.25, -0.2) is 0 Å². The van der Waals surface area contributed by atoms with Crippen molar-refractivity contribution in [3.63, 3.8) is 0 Å². The van der Waals surface area contributed by atoms with Crippen LogP contribution in [0.2, 0.25) is 0 Å². The minimum Gasteiger partial charge on any atom is -0.289 e. The first-order valence-electron chi connectivity index (χ1n) is 10.0. The van der Waals surface area contributed by atoms with Gasteiger partial charge in [-0.05, 0) is 45.3 Å². The molecule has 0 aromatic heterocycles. The second-order valence-corrected chi connectivity index (χ2v) is 8.33. The van der Waals surface area contributed by atoms with Gasteiger partial charge in [0, 0.05) is 21.8 Å². The molecule has 5 aromatic carbocycles. The summed E-state index contributed by atoms with van der Waals surface area (Å²) in [5.41, 5.74) is 2.71. The van der Waals surface area contributed by atoms with E-state index in [2.05, 4.69) is 60.7 Å². The van der Waals surface area contributed by atoms with Gasteiger partial charge in [-0.15, -0.1) is 11.8 Å². The molecule has 0 atom stereocenters. The number of hydrogen-bond acceptors (Lipinski definition) is 2. The highest BCUT2D eigenvalue weighted by atomic mass is 32.2. The summed E-state index contributed by atoms with van der Waals surface area (Å²) in [6.07, 6.45) is 0. The highest BCUT2D eigenvalue weighted by Gasteiger charge is 2.18. The number of carbonyl (C=O) groups is 1. The Labute approximate surface area is 180 Å². The van der Waals surface area contributed by atoms with Crippen molar-refractivity contribution in [1.29, 1.82) is 0 Å². The lowest BCUT2D eigenvalue weighted by molar-refractivity contribution is 0.104. The molecule has 0 amide bonds. The van der Waals surface area contributed by atoms with Gasteiger partial charge in [0.2, 0.25) is 0 Å². The molecule has 0 aliphatic heterocycles. The number of hydrogen-bond donors (Lipinski definition) is 0. The molecule has 5 aromatic rings. The van der Waals surface area contributed by atoms with Crippen molar-refractivity contribution in [3.05, 3.63) is 126 Å². The fourth-order valence-electron chi connectivity index (χ4n) is 3.97. The molecule has 0 fully saturated rings. The molecule has 144 valence electrons. The predicted octanol–water partition coefficient (Wildman–Crippen LogP) is 7.52. The van der Waals surface area contributed by atoms with E-state index in [1.54, 1.807) is 11.8 Å². The van der Waals surface area contributed by atoms with Crippen LogP contribution in [0.4, 0.5) is 0 Å². The molecule has 1 nitrogen and oxygen atoms in total. The lowest BCUT2D eigenvalue weighted by atomic mass is 9.89. The first-order valence-corrected chi connectivity index (χ1v) is 11.0. The molecule has 0 unspecified atom stereocenters. The van der Waals surface area contributed by atoms with Gasteiger partial charge in [0.15, 0.2) is 5.78 Å². The second-order valence-electron chi connectivity index (χ2n) is 7.28. The van der Waals surface area contributed by atoms with E-state index < -0.39 is 0 Å². The Hall–Kier alpha value is -3.36. The van der Waals surface area contributed by atoms with Gasteiger partial charge in [0.25, 0.3) is 0 Å². The lowest BCUT2D eigenvalue weighted by Gasteiger charge is -2.15. The van der Waals surface area contributed by atoms with Crippen LogP contribution >= 0.6 is 11.8 Å². The van der Waals surface area contributed by atoms with Crippen LogP contribution < -0.4 is 0 Å². The zero-order valence-corrected chi connectivity index (χ0v) is 17.2. The molecule has 0 aliphatic rings. The summed E-state index contributed by atoms with van der Waals surface area (Å²) in [6.45, 7) is 0. The van der Waals surface area contributed by atoms with Crippen LogP contribution in [0.5, 0.6) is 0 Å². The van der Waals surface area contributed by atoms with Gasteiger partial charge in [-0.3, -0.25) is 4.79 Å². The Balaban J connectivity index is 1.72. The van der Waals surface area contributed by atoms with Crippen LogP contribution in [0, 0.1) is 0 Å². The molecule has 0 saturated heterocycles. The van der Waals surface area contributed by atoms with Crippen LogP contribution in [0.3, 0.4) is 0 Å². The van der Waals surface area contributed by atoms with E-state index in [1.807, 2.05) is 48.5 Å². The largest absolute Gasteiger partial charge is 0.289 e. The molecule has 0 N–H and O–H groups in total. The third-order valence-electron chi connectivity index (χ3n) is 5.37. The minimum atomic E-state index is 0.0783. The van der Waals surface area contributed by atoms with E-state index in [4.69, 9.17) is 0 Å². The summed E-state index contributed by atoms with van der Waals surface area (Å²) in [5.74, 6) is 0.893. The molecule has 0 saturated carbocycles. The van der Waals surface area contributed by atoms with Crippen molar-refractivity contribution in [2.24, 2.45) is 0 Å². The lowest BCUT2D eigenvalue weighted by Crippen LogP contribution is -2.05. The molecule has 0 radical (unpaired) electrons. The van der Waals surface area contributed by atoms with E-state index in [1.165, 1.54) is 10.5 Å². The molecule has 0 aliphatic carbocycles. The van der Waals surface area contributed by atoms with Crippen molar-refractivity contribution in [2.45, 2.75) is 10.6 Å². The van der Waals surface area contributed by atoms with Crippen LogP contribution in [-0.2, 0) is 5.75 Å². The molecule has 2 heteroatoms. The summed E-state index contributed by atoms with van der Waals surface area (Å²) in [7, 11) is 0. The second kappa shape index (κ2) is 8.17. The Morgan fingerprint density at radius 2 is 1.33 bits per heavy atom. The standard InChI is InChI=1S/C28H20OS/c29-28(20-10-3-1-4-11-20)27-25-17-8-7-12-21(25)18-22-13-9-14-23(26(22)27)19-30-24-15-5-2-6-16-24/h1-18H,19H2. The van der Waals surface area contributed by atoms with Gasteiger partial charge in [-0.1, -0.05) is 91.0 Å². The van der Waals surface area contributed by atoms with Gasteiger partial charge in [-0.2, -0.15) is 0 Å². The van der Waals surface area contributed by atoms with Crippen LogP contribution in [0.1, 0.15) is 21.5 Å². The number of benzene rings is 5. The van der Waals surface area contributed by atoms with Crippen molar-refractivity contribution in [2.75, 3.05) is 0 Å². The monoisotopic (exact) mass is 404 g/mol. The first-order chi connectivity index (χ1) is 14.8. The Morgan fingerprint density at radius 3 is 2.13 bits per heavy atom. The molecular weight excluding hydrogens is 384 g/mol. The summed E-state index contributed by atoms with van der Waals surface area (Å²) in [5, 5.41) is 4.28. The maximum atomic E-state index is 13.7. The number of fused-ring (bicyclic) bond motifs is 2. The number of rotatable bonds is 5. The summed E-state index contributed by atoms with van der Waals surface area (Å²) >= 11 is 1.80. The Bertz CT molecular complexity index is 1340. The SMILES string of the molecule is O=C(c1ccccc1)c1c2ccccc2cc2cccc(CSc3ccccc3)c12. The Morgan fingerprint density at radius 1 is 0.667 bits per heavy atom. The van der Waals surface area contributed by atoms with Crippen LogP contribution in [-0.4, -0.2) is 5.78 Å². The molecule has 0 spiro atoms. The topological polar surface area (TPSA) is 17.1 Å². The smallest absolute Gasteiger partial charge is 0.194 e. The number of thioether (sulfide) groups is 1. The van der Waals surface area contributed by atoms with Gasteiger partial charge < -0.3 is 0 Å². The van der Waals surface area contributed by atoms with Crippen LogP contribution in [0.15, 0.2) is 114 Å². The Kier molecular flexibility index (Phi) is 5.08. The summed E-state index contributed by atoms with van der Waals surface area (Å²) in [4.78, 5) is 14.9. The zero-order chi connectivity index (χ0) is 20.3. The summed E-state index contributed by atoms with van der Waals surface area (Å²) in [6, 6.07) is 36.7. The highest BCUT2D eigenvalue weighted by Crippen LogP contribution is 2.35. The fraction of sp³-hybridized carbons (Fsp3) is 0.0357. The molecule has 30 heavy (non-hydrogen) atoms. The fourth-order valence-corrected chi connectivity index (χ4v) is 4.88.